The number of phosphoric acid groups is 1. The van der Waals surface area contributed by atoms with E-state index in [2.05, 4.69) is 74.6 Å². The first-order valence-corrected chi connectivity index (χ1v) is 26.3. The quantitative estimate of drug-likeness (QED) is 0.0265. The summed E-state index contributed by atoms with van der Waals surface area (Å²) in [6.07, 6.45) is 56.8. The lowest BCUT2D eigenvalue weighted by Crippen LogP contribution is -2.29. The van der Waals surface area contributed by atoms with Gasteiger partial charge in [0.1, 0.15) is 6.61 Å². The van der Waals surface area contributed by atoms with Crippen LogP contribution in [0.1, 0.15) is 219 Å². The Morgan fingerprint density at radius 1 is 0.492 bits per heavy atom. The van der Waals surface area contributed by atoms with E-state index in [1.807, 2.05) is 0 Å². The molecule has 10 heteroatoms. The van der Waals surface area contributed by atoms with Gasteiger partial charge in [0.2, 0.25) is 0 Å². The Morgan fingerprint density at radius 3 is 1.30 bits per heavy atom. The number of hydrogen-bond acceptors (Lipinski definition) is 8. The lowest BCUT2D eigenvalue weighted by molar-refractivity contribution is -0.161. The van der Waals surface area contributed by atoms with Gasteiger partial charge in [-0.15, -0.1) is 0 Å². The van der Waals surface area contributed by atoms with Crippen molar-refractivity contribution in [1.29, 1.82) is 0 Å². The van der Waals surface area contributed by atoms with Crippen molar-refractivity contribution in [2.45, 2.75) is 225 Å². The third kappa shape index (κ3) is 47.0. The van der Waals surface area contributed by atoms with Crippen LogP contribution in [-0.4, -0.2) is 49.3 Å². The number of phosphoric ester groups is 1. The number of unbranched alkanes of at least 4 members (excludes halogenated alkanes) is 23. The topological polar surface area (TPSA) is 134 Å². The van der Waals surface area contributed by atoms with E-state index in [1.54, 1.807) is 0 Å². The van der Waals surface area contributed by atoms with Gasteiger partial charge < -0.3 is 20.1 Å². The van der Waals surface area contributed by atoms with Crippen LogP contribution in [0, 0.1) is 0 Å². The van der Waals surface area contributed by atoms with E-state index in [9.17, 15) is 19.0 Å². The fourth-order valence-corrected chi connectivity index (χ4v) is 7.44. The number of ether oxygens (including phenoxy) is 2. The van der Waals surface area contributed by atoms with Crippen LogP contribution in [-0.2, 0) is 32.7 Å². The maximum absolute atomic E-state index is 12.6. The second-order valence-electron chi connectivity index (χ2n) is 16.3. The summed E-state index contributed by atoms with van der Waals surface area (Å²) in [5, 5.41) is 0. The molecule has 0 radical (unpaired) electrons. The van der Waals surface area contributed by atoms with E-state index in [-0.39, 0.29) is 32.6 Å². The number of esters is 2. The average molecular weight is 878 g/mol. The maximum atomic E-state index is 12.6. The van der Waals surface area contributed by atoms with Gasteiger partial charge in [-0.3, -0.25) is 18.6 Å². The molecule has 0 bridgehead atoms. The SMILES string of the molecule is CCCCC/C=C\C/C=C\CCCCCCCCCC(=O)OCC(COP(=O)(O)OCCN)OC(=O)CCCCCCCCCC/C=C\C/C=C\C/C=C\CCCCCCC. The summed E-state index contributed by atoms with van der Waals surface area (Å²) in [7, 11) is -4.39. The van der Waals surface area contributed by atoms with E-state index in [0.29, 0.717) is 6.42 Å². The van der Waals surface area contributed by atoms with Gasteiger partial charge in [0, 0.05) is 19.4 Å². The van der Waals surface area contributed by atoms with Gasteiger partial charge in [0.15, 0.2) is 6.10 Å². The molecule has 2 unspecified atom stereocenters. The van der Waals surface area contributed by atoms with Crippen molar-refractivity contribution in [3.63, 3.8) is 0 Å². The minimum atomic E-state index is -4.39. The van der Waals surface area contributed by atoms with Crippen LogP contribution in [0.25, 0.3) is 0 Å². The van der Waals surface area contributed by atoms with Gasteiger partial charge in [-0.25, -0.2) is 4.57 Å². The summed E-state index contributed by atoms with van der Waals surface area (Å²) in [5.74, 6) is -0.845. The number of carbonyl (C=O) groups excluding carboxylic acids is 2. The predicted molar refractivity (Wildman–Crippen MR) is 256 cm³/mol. The molecule has 354 valence electrons. The summed E-state index contributed by atoms with van der Waals surface area (Å²) in [6.45, 7) is 3.69. The van der Waals surface area contributed by atoms with Gasteiger partial charge in [-0.1, -0.05) is 184 Å². The number of rotatable bonds is 46. The molecular formula is C51H92NO8P. The Bertz CT molecular complexity index is 1180. The summed E-state index contributed by atoms with van der Waals surface area (Å²) in [6, 6.07) is 0. The highest BCUT2D eigenvalue weighted by molar-refractivity contribution is 7.47. The van der Waals surface area contributed by atoms with Crippen molar-refractivity contribution in [3.8, 4) is 0 Å². The molecule has 61 heavy (non-hydrogen) atoms. The Kier molecular flexibility index (Phi) is 45.4. The Morgan fingerprint density at radius 2 is 0.852 bits per heavy atom. The summed E-state index contributed by atoms with van der Waals surface area (Å²) < 4.78 is 32.9. The Labute approximate surface area is 374 Å². The van der Waals surface area contributed by atoms with Crippen LogP contribution in [0.3, 0.4) is 0 Å². The highest BCUT2D eigenvalue weighted by Gasteiger charge is 2.26. The lowest BCUT2D eigenvalue weighted by atomic mass is 10.1. The van der Waals surface area contributed by atoms with E-state index in [4.69, 9.17) is 24.3 Å². The first kappa shape index (κ1) is 58.7. The standard InChI is InChI=1S/C51H92NO8P/c1-3-5-7-9-11-13-15-17-19-21-22-23-24-25-26-28-30-32-34-36-38-40-42-44-51(54)60-49(48-59-61(55,56)58-46-45-52)47-57-50(53)43-41-39-37-35-33-31-29-27-20-18-16-14-12-10-8-6-4-2/h12,14-15,17-18,20-22,24-25,49H,3-11,13,16,19,23,26-48,52H2,1-2H3,(H,55,56)/b14-12-,17-15-,20-18-,22-21-,25-24-. The van der Waals surface area contributed by atoms with Gasteiger partial charge in [-0.05, 0) is 83.5 Å². The van der Waals surface area contributed by atoms with E-state index in [0.717, 1.165) is 77.0 Å². The third-order valence-electron chi connectivity index (χ3n) is 10.4. The molecule has 0 aliphatic carbocycles. The number of carbonyl (C=O) groups is 2. The fraction of sp³-hybridized carbons (Fsp3) is 0.765. The highest BCUT2D eigenvalue weighted by atomic mass is 31.2. The normalized spacial score (nSPS) is 13.7. The van der Waals surface area contributed by atoms with Crippen molar-refractivity contribution in [2.75, 3.05) is 26.4 Å². The van der Waals surface area contributed by atoms with Crippen LogP contribution >= 0.6 is 7.82 Å². The van der Waals surface area contributed by atoms with E-state index < -0.39 is 32.5 Å². The van der Waals surface area contributed by atoms with Crippen molar-refractivity contribution < 1.29 is 37.6 Å². The van der Waals surface area contributed by atoms with Crippen LogP contribution in [0.15, 0.2) is 60.8 Å². The van der Waals surface area contributed by atoms with Gasteiger partial charge in [-0.2, -0.15) is 0 Å². The molecule has 0 aromatic carbocycles. The molecule has 0 amide bonds. The molecule has 9 nitrogen and oxygen atoms in total. The lowest BCUT2D eigenvalue weighted by Gasteiger charge is -2.19. The predicted octanol–water partition coefficient (Wildman–Crippen LogP) is 14.8. The van der Waals surface area contributed by atoms with Crippen LogP contribution in [0.5, 0.6) is 0 Å². The van der Waals surface area contributed by atoms with E-state index >= 15 is 0 Å². The second kappa shape index (κ2) is 47.2. The monoisotopic (exact) mass is 878 g/mol. The zero-order valence-electron chi connectivity index (χ0n) is 39.1. The summed E-state index contributed by atoms with van der Waals surface area (Å²) in [4.78, 5) is 35.0. The molecule has 3 N–H and O–H groups in total. The first-order chi connectivity index (χ1) is 29.8. The molecule has 0 saturated carbocycles. The van der Waals surface area contributed by atoms with Crippen molar-refractivity contribution in [2.24, 2.45) is 5.73 Å². The third-order valence-corrected chi connectivity index (χ3v) is 11.4. The number of allylic oxidation sites excluding steroid dienone is 10. The van der Waals surface area contributed by atoms with Gasteiger partial charge in [0.05, 0.1) is 13.2 Å². The maximum Gasteiger partial charge on any atom is 0.472 e. The molecule has 0 aliphatic rings. The first-order valence-electron chi connectivity index (χ1n) is 24.8. The second-order valence-corrected chi connectivity index (χ2v) is 17.8. The smallest absolute Gasteiger partial charge is 0.462 e. The minimum Gasteiger partial charge on any atom is -0.462 e. The van der Waals surface area contributed by atoms with E-state index in [1.165, 1.54) is 109 Å². The zero-order valence-corrected chi connectivity index (χ0v) is 40.0. The molecule has 0 saturated heterocycles. The number of nitrogens with two attached hydrogens (primary N) is 1. The fourth-order valence-electron chi connectivity index (χ4n) is 6.67. The molecule has 0 fully saturated rings. The number of hydrogen-bond donors (Lipinski definition) is 2. The summed E-state index contributed by atoms with van der Waals surface area (Å²) in [5.41, 5.74) is 5.36. The molecule has 0 heterocycles. The molecule has 2 atom stereocenters. The minimum absolute atomic E-state index is 0.0486. The molecule has 0 aromatic heterocycles. The van der Waals surface area contributed by atoms with Crippen LogP contribution in [0.2, 0.25) is 0 Å². The molecule has 0 aliphatic heterocycles. The molecule has 0 aromatic rings. The van der Waals surface area contributed by atoms with Crippen molar-refractivity contribution in [3.05, 3.63) is 60.8 Å². The van der Waals surface area contributed by atoms with Crippen LogP contribution < -0.4 is 5.73 Å². The van der Waals surface area contributed by atoms with Gasteiger partial charge >= 0.3 is 19.8 Å². The van der Waals surface area contributed by atoms with Crippen molar-refractivity contribution >= 4 is 19.8 Å². The van der Waals surface area contributed by atoms with Crippen molar-refractivity contribution in [1.82, 2.24) is 0 Å². The van der Waals surface area contributed by atoms with Crippen LogP contribution in [0.4, 0.5) is 0 Å². The molecular weight excluding hydrogens is 786 g/mol. The summed E-state index contributed by atoms with van der Waals surface area (Å²) >= 11 is 0. The molecule has 0 rings (SSSR count). The highest BCUT2D eigenvalue weighted by Crippen LogP contribution is 2.43. The zero-order chi connectivity index (χ0) is 44.6. The van der Waals surface area contributed by atoms with Gasteiger partial charge in [0.25, 0.3) is 0 Å². The Hall–Kier alpha value is -2.29. The molecule has 0 spiro atoms. The Balaban J connectivity index is 4.10. The largest absolute Gasteiger partial charge is 0.472 e. The average Bonchev–Trinajstić information content (AvgIpc) is 3.25.